The Morgan fingerprint density at radius 3 is 2.57 bits per heavy atom. The van der Waals surface area contributed by atoms with Crippen LogP contribution < -0.4 is 15.9 Å². The van der Waals surface area contributed by atoms with Crippen molar-refractivity contribution in [1.82, 2.24) is 10.4 Å². The summed E-state index contributed by atoms with van der Waals surface area (Å²) in [7, 11) is 0. The van der Waals surface area contributed by atoms with Gasteiger partial charge in [-0.2, -0.15) is 5.10 Å². The average molecular weight is 324 g/mol. The summed E-state index contributed by atoms with van der Waals surface area (Å²) in [6.07, 6.45) is 3.27. The van der Waals surface area contributed by atoms with Crippen molar-refractivity contribution in [2.24, 2.45) is 16.3 Å². The van der Waals surface area contributed by atoms with Crippen LogP contribution in [0.15, 0.2) is 23.4 Å². The van der Waals surface area contributed by atoms with Crippen molar-refractivity contribution >= 4 is 5.84 Å². The molecule has 132 valence electrons. The summed E-state index contributed by atoms with van der Waals surface area (Å²) >= 11 is 0. The molecule has 0 aromatic carbocycles. The highest BCUT2D eigenvalue weighted by atomic mass is 16.5. The Kier molecular flexibility index (Phi) is 10.8. The zero-order chi connectivity index (χ0) is 17.7. The third-order valence-corrected chi connectivity index (χ3v) is 3.21. The van der Waals surface area contributed by atoms with E-state index in [0.717, 1.165) is 24.9 Å². The zero-order valence-corrected chi connectivity index (χ0v) is 15.1. The van der Waals surface area contributed by atoms with E-state index in [9.17, 15) is 0 Å². The minimum Gasteiger partial charge on any atom is -0.478 e. The number of pyridine rings is 1. The van der Waals surface area contributed by atoms with Crippen LogP contribution in [0.3, 0.4) is 0 Å². The minimum absolute atomic E-state index is 0.0671. The molecule has 4 N–H and O–H groups in total. The maximum Gasteiger partial charge on any atom is 0.213 e. The van der Waals surface area contributed by atoms with Gasteiger partial charge in [0.25, 0.3) is 0 Å². The van der Waals surface area contributed by atoms with Crippen LogP contribution in [0.1, 0.15) is 53.0 Å². The molecule has 0 saturated heterocycles. The monoisotopic (exact) mass is 324 g/mol. The summed E-state index contributed by atoms with van der Waals surface area (Å²) in [5, 5.41) is 13.0. The molecule has 0 spiro atoms. The van der Waals surface area contributed by atoms with E-state index >= 15 is 0 Å². The summed E-state index contributed by atoms with van der Waals surface area (Å²) in [5.74, 6) is 0.967. The van der Waals surface area contributed by atoms with E-state index in [1.165, 1.54) is 0 Å². The lowest BCUT2D eigenvalue weighted by Crippen LogP contribution is -2.19. The van der Waals surface area contributed by atoms with E-state index in [1.54, 1.807) is 12.3 Å². The van der Waals surface area contributed by atoms with Crippen molar-refractivity contribution in [2.45, 2.75) is 47.5 Å². The second-order valence-corrected chi connectivity index (χ2v) is 5.63. The third-order valence-electron chi connectivity index (χ3n) is 3.21. The van der Waals surface area contributed by atoms with Crippen molar-refractivity contribution in [2.75, 3.05) is 19.8 Å². The van der Waals surface area contributed by atoms with Crippen LogP contribution in [0.5, 0.6) is 5.88 Å². The Hall–Kier alpha value is -1.82. The molecule has 0 amide bonds. The molecule has 6 nitrogen and oxygen atoms in total. The molecule has 1 aromatic rings. The van der Waals surface area contributed by atoms with Crippen LogP contribution >= 0.6 is 0 Å². The van der Waals surface area contributed by atoms with Crippen molar-refractivity contribution < 1.29 is 9.84 Å². The lowest BCUT2D eigenvalue weighted by atomic mass is 9.86. The second kappa shape index (κ2) is 11.7. The first kappa shape index (κ1) is 21.2. The van der Waals surface area contributed by atoms with E-state index in [2.05, 4.69) is 29.4 Å². The van der Waals surface area contributed by atoms with Gasteiger partial charge in [0.15, 0.2) is 5.84 Å². The Labute approximate surface area is 140 Å². The number of hydrazone groups is 1. The van der Waals surface area contributed by atoms with Gasteiger partial charge in [0.05, 0.1) is 6.61 Å². The lowest BCUT2D eigenvalue weighted by Gasteiger charge is -2.23. The number of nitrogens with two attached hydrogens (primary N) is 1. The number of hydrogen-bond acceptors (Lipinski definition) is 5. The van der Waals surface area contributed by atoms with Gasteiger partial charge < -0.3 is 21.0 Å². The quantitative estimate of drug-likeness (QED) is 0.369. The molecule has 0 bridgehead atoms. The van der Waals surface area contributed by atoms with E-state index in [4.69, 9.17) is 15.6 Å². The number of ether oxygens (including phenoxy) is 1. The third kappa shape index (κ3) is 9.03. The van der Waals surface area contributed by atoms with Crippen LogP contribution in [-0.2, 0) is 0 Å². The van der Waals surface area contributed by atoms with Crippen LogP contribution in [0.25, 0.3) is 0 Å². The maximum atomic E-state index is 8.98. The normalized spacial score (nSPS) is 11.5. The fraction of sp³-hybridized carbons (Fsp3) is 0.647. The standard InChI is InChI=1S/C15H26N4O2.C2H6/c1-4-18-19-14(16)12-5-6-13(17-11-12)21-10-8-15(2,3)7-9-20;1-2/h5-6,11,18,20H,4,7-10H2,1-3H3,(H2,16,19);1-2H3. The largest absolute Gasteiger partial charge is 0.478 e. The molecule has 1 heterocycles. The van der Waals surface area contributed by atoms with Crippen molar-refractivity contribution in [3.8, 4) is 5.88 Å². The lowest BCUT2D eigenvalue weighted by molar-refractivity contribution is 0.170. The fourth-order valence-electron chi connectivity index (χ4n) is 1.71. The summed E-state index contributed by atoms with van der Waals surface area (Å²) in [5.41, 5.74) is 9.43. The number of hydrogen-bond donors (Lipinski definition) is 3. The molecule has 0 aliphatic carbocycles. The van der Waals surface area contributed by atoms with Crippen molar-refractivity contribution in [1.29, 1.82) is 0 Å². The highest BCUT2D eigenvalue weighted by molar-refractivity contribution is 5.96. The predicted molar refractivity (Wildman–Crippen MR) is 95.6 cm³/mol. The number of rotatable bonds is 9. The molecule has 0 saturated carbocycles. The summed E-state index contributed by atoms with van der Waals surface area (Å²) in [6, 6.07) is 3.61. The van der Waals surface area contributed by atoms with Crippen LogP contribution in [-0.4, -0.2) is 35.7 Å². The Morgan fingerprint density at radius 1 is 1.35 bits per heavy atom. The molecule has 0 unspecified atom stereocenters. The highest BCUT2D eigenvalue weighted by Crippen LogP contribution is 2.24. The number of aliphatic hydroxyl groups excluding tert-OH is 1. The second-order valence-electron chi connectivity index (χ2n) is 5.63. The number of amidine groups is 1. The van der Waals surface area contributed by atoms with Gasteiger partial charge in [-0.15, -0.1) is 0 Å². The molecule has 0 radical (unpaired) electrons. The summed E-state index contributed by atoms with van der Waals surface area (Å²) in [4.78, 5) is 4.21. The molecule has 1 aromatic heterocycles. The van der Waals surface area contributed by atoms with Crippen molar-refractivity contribution in [3.63, 3.8) is 0 Å². The highest BCUT2D eigenvalue weighted by Gasteiger charge is 2.17. The molecule has 6 heteroatoms. The Morgan fingerprint density at radius 2 is 2.04 bits per heavy atom. The van der Waals surface area contributed by atoms with Gasteiger partial charge in [0, 0.05) is 31.0 Å². The van der Waals surface area contributed by atoms with E-state index in [-0.39, 0.29) is 12.0 Å². The van der Waals surface area contributed by atoms with Gasteiger partial charge >= 0.3 is 0 Å². The Bertz CT molecular complexity index is 444. The van der Waals surface area contributed by atoms with Gasteiger partial charge in [0.1, 0.15) is 0 Å². The number of aliphatic hydroxyl groups is 1. The van der Waals surface area contributed by atoms with Crippen LogP contribution in [0.4, 0.5) is 0 Å². The van der Waals surface area contributed by atoms with Gasteiger partial charge in [-0.25, -0.2) is 4.98 Å². The van der Waals surface area contributed by atoms with Crippen LogP contribution in [0, 0.1) is 5.41 Å². The maximum absolute atomic E-state index is 8.98. The molecular weight excluding hydrogens is 292 g/mol. The molecule has 0 aliphatic rings. The number of nitrogens with zero attached hydrogens (tertiary/aromatic N) is 2. The zero-order valence-electron chi connectivity index (χ0n) is 15.1. The van der Waals surface area contributed by atoms with Gasteiger partial charge in [0.2, 0.25) is 5.88 Å². The molecule has 0 aliphatic heterocycles. The molecule has 0 atom stereocenters. The van der Waals surface area contributed by atoms with Crippen LogP contribution in [0.2, 0.25) is 0 Å². The molecule has 23 heavy (non-hydrogen) atoms. The first-order valence-electron chi connectivity index (χ1n) is 8.24. The smallest absolute Gasteiger partial charge is 0.213 e. The van der Waals surface area contributed by atoms with Gasteiger partial charge in [-0.1, -0.05) is 27.7 Å². The van der Waals surface area contributed by atoms with E-state index in [0.29, 0.717) is 18.3 Å². The molecular formula is C17H32N4O2. The predicted octanol–water partition coefficient (Wildman–Crippen LogP) is 2.52. The van der Waals surface area contributed by atoms with Gasteiger partial charge in [-0.05, 0) is 31.2 Å². The van der Waals surface area contributed by atoms with E-state index in [1.807, 2.05) is 26.8 Å². The van der Waals surface area contributed by atoms with E-state index < -0.39 is 0 Å². The molecule has 1 rings (SSSR count). The minimum atomic E-state index is 0.0671. The fourth-order valence-corrected chi connectivity index (χ4v) is 1.71. The Balaban J connectivity index is 0.00000232. The first-order valence-corrected chi connectivity index (χ1v) is 8.24. The number of nitrogens with one attached hydrogen (secondary N) is 1. The topological polar surface area (TPSA) is 92.8 Å². The molecule has 0 fully saturated rings. The number of aromatic nitrogens is 1. The first-order chi connectivity index (χ1) is 11.0. The summed E-state index contributed by atoms with van der Waals surface area (Å²) < 4.78 is 5.62. The van der Waals surface area contributed by atoms with Gasteiger partial charge in [-0.3, -0.25) is 0 Å². The SMILES string of the molecule is CC.CCN/N=C(\N)c1ccc(OCCC(C)(C)CCO)nc1. The average Bonchev–Trinajstić information content (AvgIpc) is 2.55. The van der Waals surface area contributed by atoms with Crippen molar-refractivity contribution in [3.05, 3.63) is 23.9 Å². The summed E-state index contributed by atoms with van der Waals surface area (Å²) in [6.45, 7) is 11.7.